The fourth-order valence-electron chi connectivity index (χ4n) is 2.19. The highest BCUT2D eigenvalue weighted by Gasteiger charge is 2.12. The number of hydrogen-bond acceptors (Lipinski definition) is 5. The van der Waals surface area contributed by atoms with Crippen LogP contribution in [0.4, 0.5) is 5.69 Å². The molecule has 122 valence electrons. The number of rotatable bonds is 5. The summed E-state index contributed by atoms with van der Waals surface area (Å²) in [5.41, 5.74) is 1.46. The molecule has 0 radical (unpaired) electrons. The van der Waals surface area contributed by atoms with Crippen molar-refractivity contribution in [1.82, 2.24) is 4.98 Å². The van der Waals surface area contributed by atoms with Crippen LogP contribution < -0.4 is 4.74 Å². The molecule has 2 aromatic carbocycles. The van der Waals surface area contributed by atoms with Crippen LogP contribution in [0.5, 0.6) is 5.75 Å². The van der Waals surface area contributed by atoms with E-state index in [1.807, 2.05) is 12.1 Å². The van der Waals surface area contributed by atoms with Gasteiger partial charge in [0.25, 0.3) is 5.69 Å². The van der Waals surface area contributed by atoms with Gasteiger partial charge in [-0.15, -0.1) is 0 Å². The first-order chi connectivity index (χ1) is 11.5. The zero-order valence-electron chi connectivity index (χ0n) is 12.7. The Kier molecular flexibility index (Phi) is 4.48. The van der Waals surface area contributed by atoms with Gasteiger partial charge in [-0.2, -0.15) is 0 Å². The molecule has 0 N–H and O–H groups in total. The van der Waals surface area contributed by atoms with E-state index in [1.54, 1.807) is 37.4 Å². The normalized spacial score (nSPS) is 10.6. The summed E-state index contributed by atoms with van der Waals surface area (Å²) in [5.74, 6) is 1.55. The summed E-state index contributed by atoms with van der Waals surface area (Å²) >= 11 is 5.86. The second-order valence-electron chi connectivity index (χ2n) is 5.12. The fourth-order valence-corrected chi connectivity index (χ4v) is 2.32. The molecule has 7 heteroatoms. The number of aromatic nitrogens is 1. The van der Waals surface area contributed by atoms with Crippen LogP contribution in [-0.4, -0.2) is 9.91 Å². The molecule has 0 atom stereocenters. The van der Waals surface area contributed by atoms with Crippen molar-refractivity contribution < 1.29 is 14.1 Å². The van der Waals surface area contributed by atoms with Crippen LogP contribution in [-0.2, 0) is 6.61 Å². The summed E-state index contributed by atoms with van der Waals surface area (Å²) in [6, 6.07) is 11.8. The lowest BCUT2D eigenvalue weighted by molar-refractivity contribution is -0.385. The van der Waals surface area contributed by atoms with Gasteiger partial charge in [-0.3, -0.25) is 10.1 Å². The molecule has 0 amide bonds. The first kappa shape index (κ1) is 16.0. The molecular formula is C17H13ClN2O4. The summed E-state index contributed by atoms with van der Waals surface area (Å²) in [5, 5.41) is 11.5. The lowest BCUT2D eigenvalue weighted by atomic mass is 10.2. The van der Waals surface area contributed by atoms with Crippen molar-refractivity contribution in [2.45, 2.75) is 13.5 Å². The van der Waals surface area contributed by atoms with Gasteiger partial charge in [-0.1, -0.05) is 11.6 Å². The molecule has 1 aromatic heterocycles. The first-order valence-electron chi connectivity index (χ1n) is 7.11. The van der Waals surface area contributed by atoms with Crippen molar-refractivity contribution in [3.05, 3.63) is 75.3 Å². The predicted molar refractivity (Wildman–Crippen MR) is 89.1 cm³/mol. The highest BCUT2D eigenvalue weighted by Crippen LogP contribution is 2.25. The van der Waals surface area contributed by atoms with Crippen LogP contribution >= 0.6 is 11.6 Å². The zero-order chi connectivity index (χ0) is 17.1. The van der Waals surface area contributed by atoms with Gasteiger partial charge in [-0.25, -0.2) is 4.98 Å². The Labute approximate surface area is 142 Å². The molecule has 0 unspecified atom stereocenters. The molecule has 3 aromatic rings. The van der Waals surface area contributed by atoms with Crippen molar-refractivity contribution >= 4 is 17.3 Å². The third-order valence-corrected chi connectivity index (χ3v) is 3.66. The first-order valence-corrected chi connectivity index (χ1v) is 7.49. The lowest BCUT2D eigenvalue weighted by Crippen LogP contribution is -1.97. The van der Waals surface area contributed by atoms with Crippen molar-refractivity contribution in [2.75, 3.05) is 0 Å². The Morgan fingerprint density at radius 1 is 1.25 bits per heavy atom. The van der Waals surface area contributed by atoms with Gasteiger partial charge in [-0.05, 0) is 43.3 Å². The Hall–Kier alpha value is -2.86. The maximum atomic E-state index is 10.8. The second-order valence-corrected chi connectivity index (χ2v) is 5.56. The lowest BCUT2D eigenvalue weighted by Gasteiger charge is -2.05. The predicted octanol–water partition coefficient (Wildman–Crippen LogP) is 4.79. The molecule has 0 fully saturated rings. The molecule has 0 saturated heterocycles. The molecule has 6 nitrogen and oxygen atoms in total. The number of benzene rings is 2. The number of nitro benzene ring substituents is 1. The zero-order valence-corrected chi connectivity index (χ0v) is 13.5. The monoisotopic (exact) mass is 344 g/mol. The molecular weight excluding hydrogens is 332 g/mol. The van der Waals surface area contributed by atoms with Crippen LogP contribution in [0.3, 0.4) is 0 Å². The molecule has 0 aliphatic rings. The Balaban J connectivity index is 1.68. The maximum Gasteiger partial charge on any atom is 0.272 e. The standard InChI is InChI=1S/C17H13ClN2O4/c1-11-8-14(6-7-15(11)20(21)22)23-10-17-19-9-16(24-17)12-2-4-13(18)5-3-12/h2-9H,10H2,1H3. The van der Waals surface area contributed by atoms with Crippen molar-refractivity contribution in [3.63, 3.8) is 0 Å². The number of aryl methyl sites for hydroxylation is 1. The van der Waals surface area contributed by atoms with Gasteiger partial charge in [0.15, 0.2) is 12.4 Å². The Bertz CT molecular complexity index is 875. The molecule has 0 aliphatic carbocycles. The van der Waals surface area contributed by atoms with E-state index in [9.17, 15) is 10.1 Å². The summed E-state index contributed by atoms with van der Waals surface area (Å²) in [4.78, 5) is 14.5. The molecule has 24 heavy (non-hydrogen) atoms. The van der Waals surface area contributed by atoms with E-state index in [1.165, 1.54) is 6.07 Å². The summed E-state index contributed by atoms with van der Waals surface area (Å²) in [6.45, 7) is 1.79. The fraction of sp³-hybridized carbons (Fsp3) is 0.118. The van der Waals surface area contributed by atoms with E-state index in [4.69, 9.17) is 20.8 Å². The van der Waals surface area contributed by atoms with E-state index in [2.05, 4.69) is 4.98 Å². The maximum absolute atomic E-state index is 10.8. The molecule has 0 spiro atoms. The molecule has 3 rings (SSSR count). The van der Waals surface area contributed by atoms with Crippen LogP contribution in [0.15, 0.2) is 53.1 Å². The number of halogens is 1. The largest absolute Gasteiger partial charge is 0.484 e. The van der Waals surface area contributed by atoms with Gasteiger partial charge in [0.05, 0.1) is 11.1 Å². The number of nitrogens with zero attached hydrogens (tertiary/aromatic N) is 2. The third-order valence-electron chi connectivity index (χ3n) is 3.41. The van der Waals surface area contributed by atoms with Gasteiger partial charge >= 0.3 is 0 Å². The topological polar surface area (TPSA) is 78.4 Å². The average molecular weight is 345 g/mol. The van der Waals surface area contributed by atoms with E-state index < -0.39 is 4.92 Å². The van der Waals surface area contributed by atoms with Crippen LogP contribution in [0.2, 0.25) is 5.02 Å². The SMILES string of the molecule is Cc1cc(OCc2ncc(-c3ccc(Cl)cc3)o2)ccc1[N+](=O)[O-]. The van der Waals surface area contributed by atoms with Crippen LogP contribution in [0.1, 0.15) is 11.5 Å². The molecule has 0 bridgehead atoms. The highest BCUT2D eigenvalue weighted by molar-refractivity contribution is 6.30. The van der Waals surface area contributed by atoms with Crippen LogP contribution in [0, 0.1) is 17.0 Å². The quantitative estimate of drug-likeness (QED) is 0.491. The molecule has 1 heterocycles. The number of nitro groups is 1. The summed E-state index contributed by atoms with van der Waals surface area (Å²) in [7, 11) is 0. The minimum Gasteiger partial charge on any atom is -0.484 e. The third kappa shape index (κ3) is 3.55. The van der Waals surface area contributed by atoms with Crippen molar-refractivity contribution in [2.24, 2.45) is 0 Å². The number of ether oxygens (including phenoxy) is 1. The second kappa shape index (κ2) is 6.72. The van der Waals surface area contributed by atoms with E-state index in [0.29, 0.717) is 28.0 Å². The minimum absolute atomic E-state index is 0.0588. The number of oxazole rings is 1. The van der Waals surface area contributed by atoms with E-state index in [-0.39, 0.29) is 12.3 Å². The minimum atomic E-state index is -0.425. The Morgan fingerprint density at radius 2 is 2.00 bits per heavy atom. The van der Waals surface area contributed by atoms with Gasteiger partial charge in [0.2, 0.25) is 5.89 Å². The highest BCUT2D eigenvalue weighted by atomic mass is 35.5. The Morgan fingerprint density at radius 3 is 2.67 bits per heavy atom. The van der Waals surface area contributed by atoms with Crippen molar-refractivity contribution in [3.8, 4) is 17.1 Å². The smallest absolute Gasteiger partial charge is 0.272 e. The average Bonchev–Trinajstić information content (AvgIpc) is 3.02. The molecule has 0 aliphatic heterocycles. The summed E-state index contributed by atoms with van der Waals surface area (Å²) in [6.07, 6.45) is 1.61. The van der Waals surface area contributed by atoms with Gasteiger partial charge in [0, 0.05) is 22.2 Å². The summed E-state index contributed by atoms with van der Waals surface area (Å²) < 4.78 is 11.2. The van der Waals surface area contributed by atoms with E-state index >= 15 is 0 Å². The van der Waals surface area contributed by atoms with Crippen LogP contribution in [0.25, 0.3) is 11.3 Å². The van der Waals surface area contributed by atoms with Gasteiger partial charge in [0.1, 0.15) is 5.75 Å². The molecule has 0 saturated carbocycles. The number of hydrogen-bond donors (Lipinski definition) is 0. The van der Waals surface area contributed by atoms with Crippen molar-refractivity contribution in [1.29, 1.82) is 0 Å². The van der Waals surface area contributed by atoms with E-state index in [0.717, 1.165) is 5.56 Å². The van der Waals surface area contributed by atoms with Gasteiger partial charge < -0.3 is 9.15 Å².